The molecule has 0 fully saturated rings. The fourth-order valence-corrected chi connectivity index (χ4v) is 2.22. The molecule has 0 aliphatic heterocycles. The molecule has 0 aliphatic carbocycles. The number of benzene rings is 2. The Kier molecular flexibility index (Phi) is 4.18. The third-order valence-corrected chi connectivity index (χ3v) is 3.54. The lowest BCUT2D eigenvalue weighted by Gasteiger charge is -2.11. The van der Waals surface area contributed by atoms with E-state index in [9.17, 15) is 14.9 Å². The molecule has 2 N–H and O–H groups in total. The van der Waals surface area contributed by atoms with Crippen molar-refractivity contribution in [1.82, 2.24) is 0 Å². The summed E-state index contributed by atoms with van der Waals surface area (Å²) in [6.45, 7) is 0. The summed E-state index contributed by atoms with van der Waals surface area (Å²) in [6.07, 6.45) is 0. The molecule has 0 saturated heterocycles. The number of nitrogens with one attached hydrogen (secondary N) is 1. The molecule has 6 nitrogen and oxygen atoms in total. The summed E-state index contributed by atoms with van der Waals surface area (Å²) >= 11 is 2.07. The predicted molar refractivity (Wildman–Crippen MR) is 82.5 cm³/mol. The van der Waals surface area contributed by atoms with E-state index in [0.717, 1.165) is 3.57 Å². The maximum Gasteiger partial charge on any atom is 0.338 e. The van der Waals surface area contributed by atoms with Gasteiger partial charge in [-0.15, -0.1) is 0 Å². The molecule has 0 bridgehead atoms. The van der Waals surface area contributed by atoms with Crippen LogP contribution in [0.4, 0.5) is 17.1 Å². The summed E-state index contributed by atoms with van der Waals surface area (Å²) in [7, 11) is 0. The van der Waals surface area contributed by atoms with Gasteiger partial charge in [0.2, 0.25) is 0 Å². The maximum atomic E-state index is 11.2. The molecule has 0 saturated carbocycles. The van der Waals surface area contributed by atoms with Crippen LogP contribution in [0.15, 0.2) is 42.5 Å². The Morgan fingerprint density at radius 3 is 2.50 bits per heavy atom. The van der Waals surface area contributed by atoms with E-state index in [4.69, 9.17) is 5.11 Å². The van der Waals surface area contributed by atoms with Crippen molar-refractivity contribution in [1.29, 1.82) is 0 Å². The molecule has 0 aliphatic rings. The van der Waals surface area contributed by atoms with Gasteiger partial charge in [-0.05, 0) is 40.8 Å². The van der Waals surface area contributed by atoms with Crippen LogP contribution >= 0.6 is 22.6 Å². The lowest BCUT2D eigenvalue weighted by molar-refractivity contribution is -0.383. The van der Waals surface area contributed by atoms with Crippen molar-refractivity contribution < 1.29 is 14.8 Å². The SMILES string of the molecule is O=C(O)c1cccc([N+](=O)[O-])c1Nc1ccccc1I. The summed E-state index contributed by atoms with van der Waals surface area (Å²) in [5, 5.41) is 23.0. The number of aromatic carboxylic acids is 1. The molecule has 0 unspecified atom stereocenters. The van der Waals surface area contributed by atoms with Crippen LogP contribution in [0.3, 0.4) is 0 Å². The molecule has 0 aromatic heterocycles. The fourth-order valence-electron chi connectivity index (χ4n) is 1.70. The Morgan fingerprint density at radius 1 is 1.20 bits per heavy atom. The fraction of sp³-hybridized carbons (Fsp3) is 0. The van der Waals surface area contributed by atoms with Crippen molar-refractivity contribution in [3.8, 4) is 0 Å². The topological polar surface area (TPSA) is 92.5 Å². The number of para-hydroxylation sites is 2. The lowest BCUT2D eigenvalue weighted by atomic mass is 10.1. The van der Waals surface area contributed by atoms with E-state index in [1.807, 2.05) is 12.1 Å². The molecule has 0 radical (unpaired) electrons. The van der Waals surface area contributed by atoms with E-state index in [0.29, 0.717) is 5.69 Å². The minimum Gasteiger partial charge on any atom is -0.478 e. The summed E-state index contributed by atoms with van der Waals surface area (Å²) in [5.41, 5.74) is 0.183. The second-order valence-corrected chi connectivity index (χ2v) is 5.03. The number of nitrogens with zero attached hydrogens (tertiary/aromatic N) is 1. The zero-order valence-corrected chi connectivity index (χ0v) is 12.2. The van der Waals surface area contributed by atoms with Crippen molar-refractivity contribution in [2.24, 2.45) is 0 Å². The molecule has 0 amide bonds. The van der Waals surface area contributed by atoms with Gasteiger partial charge in [-0.25, -0.2) is 4.79 Å². The lowest BCUT2D eigenvalue weighted by Crippen LogP contribution is -2.06. The first kappa shape index (κ1) is 14.3. The number of hydrogen-bond donors (Lipinski definition) is 2. The Labute approximate surface area is 127 Å². The van der Waals surface area contributed by atoms with E-state index in [1.54, 1.807) is 12.1 Å². The van der Waals surface area contributed by atoms with E-state index in [1.165, 1.54) is 18.2 Å². The predicted octanol–water partition coefficient (Wildman–Crippen LogP) is 3.64. The van der Waals surface area contributed by atoms with Gasteiger partial charge < -0.3 is 10.4 Å². The first-order chi connectivity index (χ1) is 9.50. The average molecular weight is 384 g/mol. The summed E-state index contributed by atoms with van der Waals surface area (Å²) in [6, 6.07) is 11.1. The number of hydrogen-bond acceptors (Lipinski definition) is 4. The summed E-state index contributed by atoms with van der Waals surface area (Å²) in [5.74, 6) is -1.22. The number of nitro groups is 1. The van der Waals surface area contributed by atoms with Crippen molar-refractivity contribution in [2.45, 2.75) is 0 Å². The first-order valence-electron chi connectivity index (χ1n) is 5.53. The Hall–Kier alpha value is -2.16. The molecule has 2 rings (SSSR count). The van der Waals surface area contributed by atoms with Gasteiger partial charge in [0.25, 0.3) is 5.69 Å². The molecule has 102 valence electrons. The zero-order valence-electron chi connectivity index (χ0n) is 10.0. The number of rotatable bonds is 4. The Bertz CT molecular complexity index is 656. The molecule has 7 heteroatoms. The van der Waals surface area contributed by atoms with Gasteiger partial charge in [-0.1, -0.05) is 18.2 Å². The van der Waals surface area contributed by atoms with Crippen molar-refractivity contribution in [3.63, 3.8) is 0 Å². The number of carbonyl (C=O) groups is 1. The first-order valence-corrected chi connectivity index (χ1v) is 6.61. The highest BCUT2D eigenvalue weighted by Gasteiger charge is 2.21. The Morgan fingerprint density at radius 2 is 1.90 bits per heavy atom. The second-order valence-electron chi connectivity index (χ2n) is 3.87. The number of carboxylic acid groups (broad SMARTS) is 1. The van der Waals surface area contributed by atoms with E-state index >= 15 is 0 Å². The monoisotopic (exact) mass is 384 g/mol. The molecular formula is C13H9IN2O4. The maximum absolute atomic E-state index is 11.2. The minimum absolute atomic E-state index is 0.0193. The number of halogens is 1. The minimum atomic E-state index is -1.22. The molecule has 0 heterocycles. The summed E-state index contributed by atoms with van der Waals surface area (Å²) < 4.78 is 0.833. The van der Waals surface area contributed by atoms with Crippen molar-refractivity contribution in [2.75, 3.05) is 5.32 Å². The van der Waals surface area contributed by atoms with E-state index in [-0.39, 0.29) is 16.9 Å². The van der Waals surface area contributed by atoms with Gasteiger partial charge in [-0.3, -0.25) is 10.1 Å². The van der Waals surface area contributed by atoms with Gasteiger partial charge >= 0.3 is 5.97 Å². The molecule has 2 aromatic rings. The van der Waals surface area contributed by atoms with Crippen molar-refractivity contribution in [3.05, 3.63) is 61.7 Å². The van der Waals surface area contributed by atoms with Crippen LogP contribution in [0.5, 0.6) is 0 Å². The van der Waals surface area contributed by atoms with Crippen LogP contribution in [-0.4, -0.2) is 16.0 Å². The highest BCUT2D eigenvalue weighted by atomic mass is 127. The molecule has 0 atom stereocenters. The smallest absolute Gasteiger partial charge is 0.338 e. The molecular weight excluding hydrogens is 375 g/mol. The second kappa shape index (κ2) is 5.87. The van der Waals surface area contributed by atoms with Crippen LogP contribution < -0.4 is 5.32 Å². The van der Waals surface area contributed by atoms with Crippen LogP contribution in [0.1, 0.15) is 10.4 Å². The van der Waals surface area contributed by atoms with Gasteiger partial charge in [0.1, 0.15) is 5.69 Å². The Balaban J connectivity index is 2.57. The molecule has 0 spiro atoms. The van der Waals surface area contributed by atoms with Crippen LogP contribution in [-0.2, 0) is 0 Å². The van der Waals surface area contributed by atoms with Gasteiger partial charge in [-0.2, -0.15) is 0 Å². The van der Waals surface area contributed by atoms with Gasteiger partial charge in [0.15, 0.2) is 0 Å². The highest BCUT2D eigenvalue weighted by molar-refractivity contribution is 14.1. The van der Waals surface area contributed by atoms with Crippen LogP contribution in [0.25, 0.3) is 0 Å². The number of anilines is 2. The number of nitro benzene ring substituents is 1. The van der Waals surface area contributed by atoms with Crippen molar-refractivity contribution >= 4 is 45.6 Å². The van der Waals surface area contributed by atoms with Crippen LogP contribution in [0, 0.1) is 13.7 Å². The van der Waals surface area contributed by atoms with Crippen LogP contribution in [0.2, 0.25) is 0 Å². The summed E-state index contributed by atoms with van der Waals surface area (Å²) in [4.78, 5) is 21.6. The van der Waals surface area contributed by atoms with Gasteiger partial charge in [0.05, 0.1) is 16.2 Å². The third-order valence-electron chi connectivity index (χ3n) is 2.60. The normalized spacial score (nSPS) is 10.1. The quantitative estimate of drug-likeness (QED) is 0.477. The molecule has 2 aromatic carbocycles. The highest BCUT2D eigenvalue weighted by Crippen LogP contribution is 2.32. The average Bonchev–Trinajstić information content (AvgIpc) is 2.41. The standard InChI is InChI=1S/C13H9IN2O4/c14-9-5-1-2-6-10(9)15-12-8(13(17)18)4-3-7-11(12)16(19)20/h1-7,15H,(H,17,18). The largest absolute Gasteiger partial charge is 0.478 e. The third kappa shape index (κ3) is 2.87. The molecule has 20 heavy (non-hydrogen) atoms. The van der Waals surface area contributed by atoms with E-state index in [2.05, 4.69) is 27.9 Å². The zero-order chi connectivity index (χ0) is 14.7. The van der Waals surface area contributed by atoms with E-state index < -0.39 is 10.9 Å². The van der Waals surface area contributed by atoms with Gasteiger partial charge in [0, 0.05) is 9.64 Å². The number of carboxylic acids is 1.